The summed E-state index contributed by atoms with van der Waals surface area (Å²) in [4.78, 5) is 9.96. The zero-order valence-corrected chi connectivity index (χ0v) is 12.3. The number of nitrogens with one attached hydrogen (secondary N) is 1. The fourth-order valence-corrected chi connectivity index (χ4v) is 2.99. The molecule has 0 saturated carbocycles. The number of hydrogen-bond donors (Lipinski definition) is 2. The van der Waals surface area contributed by atoms with Gasteiger partial charge in [0.2, 0.25) is 10.0 Å². The van der Waals surface area contributed by atoms with E-state index in [-0.39, 0.29) is 17.0 Å². The van der Waals surface area contributed by atoms with Crippen molar-refractivity contribution < 1.29 is 13.3 Å². The average Bonchev–Trinajstić information content (AvgIpc) is 2.45. The van der Waals surface area contributed by atoms with Crippen LogP contribution in [0.5, 0.6) is 0 Å². The lowest BCUT2D eigenvalue weighted by molar-refractivity contribution is -0.384. The van der Waals surface area contributed by atoms with Gasteiger partial charge in [-0.2, -0.15) is 9.57 Å². The summed E-state index contributed by atoms with van der Waals surface area (Å²) in [5, 5.41) is 19.5. The molecule has 21 heavy (non-hydrogen) atoms. The fourth-order valence-electron chi connectivity index (χ4n) is 1.61. The second-order valence-electron chi connectivity index (χ2n) is 4.31. The lowest BCUT2D eigenvalue weighted by Crippen LogP contribution is -2.34. The molecular formula is C11H15N5O4S. The van der Waals surface area contributed by atoms with Gasteiger partial charge in [0, 0.05) is 19.2 Å². The molecule has 9 nitrogen and oxygen atoms in total. The highest BCUT2D eigenvalue weighted by Gasteiger charge is 2.27. The number of hydrogen-bond acceptors (Lipinski definition) is 7. The molecule has 0 heterocycles. The lowest BCUT2D eigenvalue weighted by atomic mass is 10.3. The van der Waals surface area contributed by atoms with Crippen molar-refractivity contribution in [3.05, 3.63) is 28.3 Å². The van der Waals surface area contributed by atoms with Crippen LogP contribution in [0.1, 0.15) is 13.3 Å². The number of nitrogen functional groups attached to an aromatic ring is 1. The minimum atomic E-state index is -3.93. The second kappa shape index (κ2) is 6.49. The Bertz CT molecular complexity index is 682. The number of benzene rings is 1. The number of nitro benzene ring substituents is 1. The minimum absolute atomic E-state index is 0.00618. The number of nitriles is 1. The average molecular weight is 313 g/mol. The number of nitro groups is 1. The quantitative estimate of drug-likeness (QED) is 0.449. The van der Waals surface area contributed by atoms with Gasteiger partial charge >= 0.3 is 0 Å². The van der Waals surface area contributed by atoms with Crippen molar-refractivity contribution in [1.29, 1.82) is 5.26 Å². The summed E-state index contributed by atoms with van der Waals surface area (Å²) in [6, 6.07) is 4.69. The van der Waals surface area contributed by atoms with Crippen molar-refractivity contribution in [1.82, 2.24) is 4.31 Å². The molecule has 114 valence electrons. The zero-order valence-electron chi connectivity index (χ0n) is 11.5. The van der Waals surface area contributed by atoms with E-state index in [1.807, 2.05) is 6.07 Å². The summed E-state index contributed by atoms with van der Waals surface area (Å²) in [5.74, 6) is 5.14. The van der Waals surface area contributed by atoms with Gasteiger partial charge in [0.1, 0.15) is 5.69 Å². The van der Waals surface area contributed by atoms with Crippen LogP contribution in [-0.2, 0) is 10.0 Å². The van der Waals surface area contributed by atoms with E-state index in [0.29, 0.717) is 0 Å². The standard InChI is InChI=1S/C11H15N5O4S/c1-8(5-6-12)15(2)21(19,20)9-3-4-10(14-13)11(7-9)16(17)18/h3-4,7-8,14H,5,13H2,1-2H3. The summed E-state index contributed by atoms with van der Waals surface area (Å²) in [6.45, 7) is 1.57. The third-order valence-corrected chi connectivity index (χ3v) is 4.97. The molecule has 1 aromatic carbocycles. The third-order valence-electron chi connectivity index (χ3n) is 3.01. The molecule has 10 heteroatoms. The Morgan fingerprint density at radius 2 is 2.19 bits per heavy atom. The maximum atomic E-state index is 12.4. The zero-order chi connectivity index (χ0) is 16.2. The van der Waals surface area contributed by atoms with E-state index >= 15 is 0 Å². The molecule has 0 aliphatic rings. The minimum Gasteiger partial charge on any atom is -0.318 e. The van der Waals surface area contributed by atoms with Gasteiger partial charge in [0.25, 0.3) is 5.69 Å². The largest absolute Gasteiger partial charge is 0.318 e. The predicted octanol–water partition coefficient (Wildman–Crippen LogP) is 0.803. The van der Waals surface area contributed by atoms with Crippen LogP contribution in [0.15, 0.2) is 23.1 Å². The van der Waals surface area contributed by atoms with Gasteiger partial charge in [-0.15, -0.1) is 0 Å². The molecule has 0 aromatic heterocycles. The van der Waals surface area contributed by atoms with E-state index in [1.54, 1.807) is 6.92 Å². The van der Waals surface area contributed by atoms with Crippen LogP contribution in [0.2, 0.25) is 0 Å². The molecule has 0 bridgehead atoms. The van der Waals surface area contributed by atoms with E-state index in [9.17, 15) is 18.5 Å². The smallest absolute Gasteiger partial charge is 0.294 e. The highest BCUT2D eigenvalue weighted by atomic mass is 32.2. The monoisotopic (exact) mass is 313 g/mol. The van der Waals surface area contributed by atoms with Gasteiger partial charge < -0.3 is 5.43 Å². The summed E-state index contributed by atoms with van der Waals surface area (Å²) in [6.07, 6.45) is 0.0141. The van der Waals surface area contributed by atoms with Gasteiger partial charge in [-0.05, 0) is 19.1 Å². The van der Waals surface area contributed by atoms with Crippen LogP contribution in [0.25, 0.3) is 0 Å². The van der Waals surface area contributed by atoms with Crippen LogP contribution in [0, 0.1) is 21.4 Å². The number of anilines is 1. The Morgan fingerprint density at radius 3 is 2.67 bits per heavy atom. The molecule has 1 rings (SSSR count). The number of rotatable bonds is 6. The summed E-state index contributed by atoms with van der Waals surface area (Å²) in [5.41, 5.74) is 1.70. The highest BCUT2D eigenvalue weighted by Crippen LogP contribution is 2.28. The third kappa shape index (κ3) is 3.46. The molecule has 0 radical (unpaired) electrons. The lowest BCUT2D eigenvalue weighted by Gasteiger charge is -2.22. The molecule has 1 aromatic rings. The van der Waals surface area contributed by atoms with E-state index in [0.717, 1.165) is 10.4 Å². The number of nitrogens with two attached hydrogens (primary N) is 1. The summed E-state index contributed by atoms with van der Waals surface area (Å²) < 4.78 is 25.7. The SMILES string of the molecule is CC(CC#N)N(C)S(=O)(=O)c1ccc(NN)c([N+](=O)[O-])c1. The van der Waals surface area contributed by atoms with Crippen LogP contribution >= 0.6 is 0 Å². The topological polar surface area (TPSA) is 142 Å². The molecule has 0 aliphatic carbocycles. The first kappa shape index (κ1) is 16.8. The fraction of sp³-hybridized carbons (Fsp3) is 0.364. The van der Waals surface area contributed by atoms with E-state index < -0.39 is 26.7 Å². The van der Waals surface area contributed by atoms with Crippen LogP contribution < -0.4 is 11.3 Å². The summed E-state index contributed by atoms with van der Waals surface area (Å²) >= 11 is 0. The Labute approximate surface area is 122 Å². The van der Waals surface area contributed by atoms with E-state index in [2.05, 4.69) is 5.43 Å². The normalized spacial score (nSPS) is 12.7. The molecule has 0 spiro atoms. The van der Waals surface area contributed by atoms with Crippen molar-refractivity contribution in [2.75, 3.05) is 12.5 Å². The van der Waals surface area contributed by atoms with E-state index in [1.165, 1.54) is 19.2 Å². The van der Waals surface area contributed by atoms with Gasteiger partial charge in [-0.25, -0.2) is 8.42 Å². The predicted molar refractivity (Wildman–Crippen MR) is 75.5 cm³/mol. The van der Waals surface area contributed by atoms with Gasteiger partial charge in [-0.3, -0.25) is 16.0 Å². The Balaban J connectivity index is 3.30. The molecule has 1 atom stereocenters. The van der Waals surface area contributed by atoms with Crippen molar-refractivity contribution in [2.45, 2.75) is 24.3 Å². The van der Waals surface area contributed by atoms with Crippen molar-refractivity contribution in [3.8, 4) is 6.07 Å². The molecule has 0 amide bonds. The summed E-state index contributed by atoms with van der Waals surface area (Å²) in [7, 11) is -2.61. The highest BCUT2D eigenvalue weighted by molar-refractivity contribution is 7.89. The van der Waals surface area contributed by atoms with Crippen LogP contribution in [-0.4, -0.2) is 30.7 Å². The maximum absolute atomic E-state index is 12.4. The first-order valence-electron chi connectivity index (χ1n) is 5.85. The van der Waals surface area contributed by atoms with Crippen molar-refractivity contribution in [3.63, 3.8) is 0 Å². The van der Waals surface area contributed by atoms with Gasteiger partial charge in [0.15, 0.2) is 0 Å². The van der Waals surface area contributed by atoms with Gasteiger partial charge in [0.05, 0.1) is 22.3 Å². The Hall–Kier alpha value is -2.22. The van der Waals surface area contributed by atoms with Crippen LogP contribution in [0.4, 0.5) is 11.4 Å². The number of nitrogens with zero attached hydrogens (tertiary/aromatic N) is 3. The first-order valence-corrected chi connectivity index (χ1v) is 7.29. The molecule has 0 saturated heterocycles. The Kier molecular flexibility index (Phi) is 5.20. The maximum Gasteiger partial charge on any atom is 0.294 e. The molecular weight excluding hydrogens is 298 g/mol. The van der Waals surface area contributed by atoms with Crippen molar-refractivity contribution >= 4 is 21.4 Å². The molecule has 1 unspecified atom stereocenters. The first-order chi connectivity index (χ1) is 9.75. The Morgan fingerprint density at radius 1 is 1.57 bits per heavy atom. The number of sulfonamides is 1. The van der Waals surface area contributed by atoms with Crippen LogP contribution in [0.3, 0.4) is 0 Å². The number of hydrazine groups is 1. The molecule has 0 fully saturated rings. The molecule has 3 N–H and O–H groups in total. The second-order valence-corrected chi connectivity index (χ2v) is 6.31. The van der Waals surface area contributed by atoms with Crippen molar-refractivity contribution in [2.24, 2.45) is 5.84 Å². The van der Waals surface area contributed by atoms with E-state index in [4.69, 9.17) is 11.1 Å². The van der Waals surface area contributed by atoms with Gasteiger partial charge in [-0.1, -0.05) is 0 Å². The molecule has 0 aliphatic heterocycles.